The van der Waals surface area contributed by atoms with Crippen molar-refractivity contribution >= 4 is 27.3 Å². The molecule has 1 saturated heterocycles. The van der Waals surface area contributed by atoms with E-state index in [2.05, 4.69) is 16.6 Å². The zero-order chi connectivity index (χ0) is 20.9. The average Bonchev–Trinajstić information content (AvgIpc) is 3.31. The van der Waals surface area contributed by atoms with E-state index in [-0.39, 0.29) is 48.5 Å². The minimum absolute atomic E-state index is 0.0162. The minimum Gasteiger partial charge on any atom is -0.349 e. The second kappa shape index (κ2) is 9.42. The summed E-state index contributed by atoms with van der Waals surface area (Å²) in [5.41, 5.74) is 0.854. The molecule has 2 amide bonds. The lowest BCUT2D eigenvalue weighted by Crippen LogP contribution is -2.42. The van der Waals surface area contributed by atoms with E-state index in [1.54, 1.807) is 29.2 Å². The summed E-state index contributed by atoms with van der Waals surface area (Å²) < 4.78 is 23.5. The van der Waals surface area contributed by atoms with Crippen molar-refractivity contribution in [2.45, 2.75) is 44.2 Å². The van der Waals surface area contributed by atoms with E-state index in [1.807, 2.05) is 0 Å². The van der Waals surface area contributed by atoms with Crippen molar-refractivity contribution in [3.8, 4) is 12.3 Å². The molecule has 3 rings (SSSR count). The van der Waals surface area contributed by atoms with E-state index in [9.17, 15) is 18.0 Å². The molecule has 1 aromatic carbocycles. The molecule has 2 aliphatic rings. The van der Waals surface area contributed by atoms with Gasteiger partial charge >= 0.3 is 0 Å². The predicted molar refractivity (Wildman–Crippen MR) is 112 cm³/mol. The Morgan fingerprint density at radius 2 is 1.90 bits per heavy atom. The lowest BCUT2D eigenvalue weighted by atomic mass is 10.1. The Morgan fingerprint density at radius 3 is 2.55 bits per heavy atom. The predicted octanol–water partition coefficient (Wildman–Crippen LogP) is 1.42. The zero-order valence-electron chi connectivity index (χ0n) is 16.4. The third kappa shape index (κ3) is 5.81. The summed E-state index contributed by atoms with van der Waals surface area (Å²) in [7, 11) is -3.08. The van der Waals surface area contributed by atoms with Gasteiger partial charge in [-0.15, -0.1) is 6.42 Å². The van der Waals surface area contributed by atoms with Crippen molar-refractivity contribution in [2.75, 3.05) is 29.9 Å². The van der Waals surface area contributed by atoms with Gasteiger partial charge in [0, 0.05) is 12.1 Å². The molecule has 1 aliphatic heterocycles. The Kier molecular flexibility index (Phi) is 6.93. The van der Waals surface area contributed by atoms with Gasteiger partial charge in [0.2, 0.25) is 5.91 Å². The maximum atomic E-state index is 12.6. The third-order valence-corrected chi connectivity index (χ3v) is 7.25. The highest BCUT2D eigenvalue weighted by Crippen LogP contribution is 2.21. The average molecular weight is 418 g/mol. The van der Waals surface area contributed by atoms with Crippen molar-refractivity contribution in [1.29, 1.82) is 0 Å². The molecule has 8 heteroatoms. The van der Waals surface area contributed by atoms with E-state index in [0.717, 1.165) is 25.7 Å². The number of benzene rings is 1. The molecule has 1 aliphatic carbocycles. The minimum atomic E-state index is -3.08. The van der Waals surface area contributed by atoms with Gasteiger partial charge in [-0.1, -0.05) is 30.9 Å². The van der Waals surface area contributed by atoms with Gasteiger partial charge < -0.3 is 10.6 Å². The van der Waals surface area contributed by atoms with E-state index in [1.165, 1.54) is 0 Å². The molecule has 7 nitrogen and oxygen atoms in total. The lowest BCUT2D eigenvalue weighted by Gasteiger charge is -2.25. The van der Waals surface area contributed by atoms with E-state index >= 15 is 0 Å². The molecule has 1 saturated carbocycles. The van der Waals surface area contributed by atoms with Crippen LogP contribution in [0.2, 0.25) is 0 Å². The van der Waals surface area contributed by atoms with Crippen molar-refractivity contribution in [3.05, 3.63) is 29.8 Å². The second-order valence-corrected chi connectivity index (χ2v) is 9.94. The van der Waals surface area contributed by atoms with Gasteiger partial charge in [-0.05, 0) is 31.4 Å². The number of anilines is 1. The fourth-order valence-corrected chi connectivity index (χ4v) is 5.75. The fraction of sp³-hybridized carbons (Fsp3) is 0.524. The molecule has 0 radical (unpaired) electrons. The van der Waals surface area contributed by atoms with Crippen LogP contribution in [0.1, 0.15) is 42.5 Å². The van der Waals surface area contributed by atoms with E-state index < -0.39 is 9.84 Å². The fourth-order valence-electron chi connectivity index (χ4n) is 3.99. The van der Waals surface area contributed by atoms with Crippen molar-refractivity contribution in [3.63, 3.8) is 0 Å². The van der Waals surface area contributed by atoms with Crippen LogP contribution in [-0.4, -0.2) is 61.8 Å². The maximum Gasteiger partial charge on any atom is 0.253 e. The number of amides is 2. The number of hydrogen-bond donors (Lipinski definition) is 2. The molecular formula is C21H27N3O4S. The first-order valence-corrected chi connectivity index (χ1v) is 11.8. The smallest absolute Gasteiger partial charge is 0.253 e. The number of hydrogen-bond acceptors (Lipinski definition) is 5. The Balaban J connectivity index is 1.65. The Labute approximate surface area is 172 Å². The van der Waals surface area contributed by atoms with Gasteiger partial charge in [-0.2, -0.15) is 0 Å². The molecule has 0 bridgehead atoms. The van der Waals surface area contributed by atoms with Gasteiger partial charge in [0.1, 0.15) is 0 Å². The monoisotopic (exact) mass is 417 g/mol. The topological polar surface area (TPSA) is 95.6 Å². The molecule has 156 valence electrons. The number of nitrogens with one attached hydrogen (secondary N) is 2. The molecule has 0 aromatic heterocycles. The molecule has 1 atom stereocenters. The standard InChI is InChI=1S/C21H27N3O4S/c1-2-12-24(17-11-13-29(27,28)15-17)14-20(25)23-19-10-6-5-9-18(19)21(26)22-16-7-3-4-8-16/h1,5-6,9-10,16-17H,3-4,7-8,11-15H2,(H,22,26)(H,23,25). The Hall–Kier alpha value is -2.37. The molecule has 1 heterocycles. The van der Waals surface area contributed by atoms with Crippen LogP contribution in [0, 0.1) is 12.3 Å². The normalized spacial score (nSPS) is 21.0. The second-order valence-electron chi connectivity index (χ2n) is 7.71. The number of rotatable bonds is 7. The van der Waals surface area contributed by atoms with Gasteiger partial charge in [-0.3, -0.25) is 14.5 Å². The van der Waals surface area contributed by atoms with Crippen LogP contribution in [0.25, 0.3) is 0 Å². The highest BCUT2D eigenvalue weighted by atomic mass is 32.2. The van der Waals surface area contributed by atoms with Crippen LogP contribution in [0.15, 0.2) is 24.3 Å². The lowest BCUT2D eigenvalue weighted by molar-refractivity contribution is -0.117. The van der Waals surface area contributed by atoms with Gasteiger partial charge in [0.15, 0.2) is 9.84 Å². The summed E-state index contributed by atoms with van der Waals surface area (Å²) in [5.74, 6) is 2.10. The van der Waals surface area contributed by atoms with Crippen molar-refractivity contribution in [1.82, 2.24) is 10.2 Å². The van der Waals surface area contributed by atoms with E-state index in [0.29, 0.717) is 17.7 Å². The van der Waals surface area contributed by atoms with Crippen LogP contribution in [0.4, 0.5) is 5.69 Å². The first-order valence-electron chi connectivity index (χ1n) is 9.95. The van der Waals surface area contributed by atoms with Crippen LogP contribution in [0.3, 0.4) is 0 Å². The van der Waals surface area contributed by atoms with Gasteiger partial charge in [0.05, 0.1) is 35.8 Å². The van der Waals surface area contributed by atoms with Crippen molar-refractivity contribution < 1.29 is 18.0 Å². The summed E-state index contributed by atoms with van der Waals surface area (Å²) in [5, 5.41) is 5.82. The highest BCUT2D eigenvalue weighted by Gasteiger charge is 2.33. The number of terminal acetylenes is 1. The summed E-state index contributed by atoms with van der Waals surface area (Å²) in [4.78, 5) is 27.0. The van der Waals surface area contributed by atoms with Crippen LogP contribution >= 0.6 is 0 Å². The van der Waals surface area contributed by atoms with Crippen LogP contribution in [0.5, 0.6) is 0 Å². The SMILES string of the molecule is C#CCN(CC(=O)Nc1ccccc1C(=O)NC1CCCC1)C1CCS(=O)(=O)C1. The summed E-state index contributed by atoms with van der Waals surface area (Å²) in [6.07, 6.45) is 10.1. The number of nitrogens with zero attached hydrogens (tertiary/aromatic N) is 1. The molecule has 1 unspecified atom stereocenters. The van der Waals surface area contributed by atoms with Crippen LogP contribution < -0.4 is 10.6 Å². The number of para-hydroxylation sites is 1. The van der Waals surface area contributed by atoms with Gasteiger partial charge in [0.25, 0.3) is 5.91 Å². The van der Waals surface area contributed by atoms with E-state index in [4.69, 9.17) is 6.42 Å². The molecule has 0 spiro atoms. The zero-order valence-corrected chi connectivity index (χ0v) is 17.2. The molecular weight excluding hydrogens is 390 g/mol. The summed E-state index contributed by atoms with van der Waals surface area (Å²) in [6.45, 7) is 0.167. The summed E-state index contributed by atoms with van der Waals surface area (Å²) >= 11 is 0. The summed E-state index contributed by atoms with van der Waals surface area (Å²) in [6, 6.07) is 6.80. The largest absolute Gasteiger partial charge is 0.349 e. The highest BCUT2D eigenvalue weighted by molar-refractivity contribution is 7.91. The molecule has 29 heavy (non-hydrogen) atoms. The number of carbonyl (C=O) groups is 2. The maximum absolute atomic E-state index is 12.6. The Morgan fingerprint density at radius 1 is 1.17 bits per heavy atom. The Bertz CT molecular complexity index is 901. The quantitative estimate of drug-likeness (QED) is 0.654. The number of carbonyl (C=O) groups excluding carboxylic acids is 2. The first-order chi connectivity index (χ1) is 13.9. The van der Waals surface area contributed by atoms with Crippen LogP contribution in [-0.2, 0) is 14.6 Å². The molecule has 1 aromatic rings. The van der Waals surface area contributed by atoms with Gasteiger partial charge in [-0.25, -0.2) is 8.42 Å². The number of sulfone groups is 1. The molecule has 2 fully saturated rings. The van der Waals surface area contributed by atoms with Crippen molar-refractivity contribution in [2.24, 2.45) is 0 Å². The molecule has 2 N–H and O–H groups in total. The third-order valence-electron chi connectivity index (χ3n) is 5.50. The first kappa shape index (κ1) is 21.3.